The molecule has 0 saturated carbocycles. The van der Waals surface area contributed by atoms with Crippen molar-refractivity contribution in [2.24, 2.45) is 0 Å². The zero-order valence-electron chi connectivity index (χ0n) is 8.40. The van der Waals surface area contributed by atoms with E-state index in [1.807, 2.05) is 11.6 Å². The van der Waals surface area contributed by atoms with Gasteiger partial charge < -0.3 is 5.32 Å². The number of nitrogens with one attached hydrogen (secondary N) is 1. The third-order valence-electron chi connectivity index (χ3n) is 2.47. The topological polar surface area (TPSA) is 24.9 Å². The van der Waals surface area contributed by atoms with Gasteiger partial charge in [0, 0.05) is 23.4 Å². The van der Waals surface area contributed by atoms with Crippen LogP contribution >= 0.6 is 23.1 Å². The van der Waals surface area contributed by atoms with Crippen molar-refractivity contribution in [1.82, 2.24) is 10.3 Å². The number of hydrogen-bond acceptors (Lipinski definition) is 4. The van der Waals surface area contributed by atoms with Crippen molar-refractivity contribution in [3.63, 3.8) is 0 Å². The first-order valence-corrected chi connectivity index (χ1v) is 7.13. The van der Waals surface area contributed by atoms with E-state index in [0.29, 0.717) is 12.1 Å². The van der Waals surface area contributed by atoms with Gasteiger partial charge in [0.1, 0.15) is 5.01 Å². The van der Waals surface area contributed by atoms with Gasteiger partial charge >= 0.3 is 0 Å². The summed E-state index contributed by atoms with van der Waals surface area (Å²) in [6.45, 7) is 2.21. The molecule has 1 aliphatic rings. The minimum Gasteiger partial charge on any atom is -0.305 e. The smallest absolute Gasteiger partial charge is 0.109 e. The molecular weight excluding hydrogens is 212 g/mol. The average Bonchev–Trinajstić information content (AvgIpc) is 2.72. The van der Waals surface area contributed by atoms with Crippen molar-refractivity contribution in [3.05, 3.63) is 16.6 Å². The summed E-state index contributed by atoms with van der Waals surface area (Å²) in [5, 5.41) is 6.90. The van der Waals surface area contributed by atoms with E-state index in [9.17, 15) is 0 Å². The predicted molar refractivity (Wildman–Crippen MR) is 64.0 cm³/mol. The molecule has 78 valence electrons. The molecular formula is C10H16N2S2. The summed E-state index contributed by atoms with van der Waals surface area (Å²) in [5.41, 5.74) is 0. The number of aromatic nitrogens is 1. The summed E-state index contributed by atoms with van der Waals surface area (Å²) >= 11 is 3.80. The highest BCUT2D eigenvalue weighted by atomic mass is 32.2. The lowest BCUT2D eigenvalue weighted by Gasteiger charge is -2.25. The molecule has 0 aromatic carbocycles. The van der Waals surface area contributed by atoms with E-state index in [-0.39, 0.29) is 0 Å². The highest BCUT2D eigenvalue weighted by Crippen LogP contribution is 2.21. The third-order valence-corrected chi connectivity index (χ3v) is 4.64. The Morgan fingerprint density at radius 3 is 3.21 bits per heavy atom. The second-order valence-electron chi connectivity index (χ2n) is 3.67. The number of thioether (sulfide) groups is 1. The molecule has 0 aliphatic carbocycles. The number of rotatable bonds is 3. The molecule has 14 heavy (non-hydrogen) atoms. The molecule has 0 radical (unpaired) electrons. The predicted octanol–water partition coefficient (Wildman–Crippen LogP) is 2.69. The Morgan fingerprint density at radius 1 is 1.64 bits per heavy atom. The van der Waals surface area contributed by atoms with Crippen LogP contribution in [0.15, 0.2) is 11.6 Å². The first kappa shape index (κ1) is 10.5. The molecule has 0 spiro atoms. The van der Waals surface area contributed by atoms with Crippen molar-refractivity contribution in [2.45, 2.75) is 31.8 Å². The van der Waals surface area contributed by atoms with E-state index in [4.69, 9.17) is 0 Å². The van der Waals surface area contributed by atoms with E-state index in [0.717, 1.165) is 0 Å². The number of nitrogens with zero attached hydrogens (tertiary/aromatic N) is 1. The van der Waals surface area contributed by atoms with Gasteiger partial charge in [-0.25, -0.2) is 4.98 Å². The summed E-state index contributed by atoms with van der Waals surface area (Å²) in [4.78, 5) is 4.33. The summed E-state index contributed by atoms with van der Waals surface area (Å²) in [6.07, 6.45) is 4.56. The Hall–Kier alpha value is -0.0600. The highest BCUT2D eigenvalue weighted by Gasteiger charge is 2.17. The van der Waals surface area contributed by atoms with Gasteiger partial charge in [0.25, 0.3) is 0 Å². The minimum atomic E-state index is 0.415. The van der Waals surface area contributed by atoms with E-state index in [1.54, 1.807) is 11.3 Å². The zero-order valence-corrected chi connectivity index (χ0v) is 10.0. The van der Waals surface area contributed by atoms with Gasteiger partial charge in [0.05, 0.1) is 6.04 Å². The standard InChI is InChI=1S/C10H16N2S2/c1-8(10-11-4-6-14-10)12-9-3-2-5-13-7-9/h4,6,8-9,12H,2-3,5,7H2,1H3. The number of thiazole rings is 1. The molecule has 2 unspecified atom stereocenters. The van der Waals surface area contributed by atoms with Crippen molar-refractivity contribution in [3.8, 4) is 0 Å². The van der Waals surface area contributed by atoms with Crippen LogP contribution in [0.5, 0.6) is 0 Å². The molecule has 1 aromatic heterocycles. The van der Waals surface area contributed by atoms with Gasteiger partial charge in [-0.3, -0.25) is 0 Å². The summed E-state index contributed by atoms with van der Waals surface area (Å²) in [5.74, 6) is 2.60. The van der Waals surface area contributed by atoms with E-state index in [1.165, 1.54) is 29.4 Å². The largest absolute Gasteiger partial charge is 0.305 e. The average molecular weight is 228 g/mol. The quantitative estimate of drug-likeness (QED) is 0.861. The molecule has 1 aliphatic heterocycles. The van der Waals surface area contributed by atoms with Gasteiger partial charge in [0.2, 0.25) is 0 Å². The Morgan fingerprint density at radius 2 is 2.57 bits per heavy atom. The summed E-state index contributed by atoms with van der Waals surface area (Å²) in [7, 11) is 0. The maximum Gasteiger partial charge on any atom is 0.109 e. The minimum absolute atomic E-state index is 0.415. The van der Waals surface area contributed by atoms with Gasteiger partial charge in [-0.2, -0.15) is 11.8 Å². The molecule has 0 bridgehead atoms. The van der Waals surface area contributed by atoms with Crippen molar-refractivity contribution >= 4 is 23.1 Å². The first-order chi connectivity index (χ1) is 6.86. The maximum absolute atomic E-state index is 4.33. The second-order valence-corrected chi connectivity index (χ2v) is 5.75. The van der Waals surface area contributed by atoms with Gasteiger partial charge in [-0.1, -0.05) is 0 Å². The molecule has 2 nitrogen and oxygen atoms in total. The van der Waals surface area contributed by atoms with E-state index < -0.39 is 0 Å². The fraction of sp³-hybridized carbons (Fsp3) is 0.700. The van der Waals surface area contributed by atoms with Crippen LogP contribution in [0.2, 0.25) is 0 Å². The summed E-state index contributed by atoms with van der Waals surface area (Å²) < 4.78 is 0. The van der Waals surface area contributed by atoms with Crippen LogP contribution in [-0.2, 0) is 0 Å². The van der Waals surface area contributed by atoms with Crippen molar-refractivity contribution in [2.75, 3.05) is 11.5 Å². The summed E-state index contributed by atoms with van der Waals surface area (Å²) in [6, 6.07) is 1.10. The molecule has 2 heterocycles. The zero-order chi connectivity index (χ0) is 9.80. The van der Waals surface area contributed by atoms with E-state index >= 15 is 0 Å². The maximum atomic E-state index is 4.33. The monoisotopic (exact) mass is 228 g/mol. The van der Waals surface area contributed by atoms with Crippen LogP contribution in [0.4, 0.5) is 0 Å². The van der Waals surface area contributed by atoms with Crippen LogP contribution in [0, 0.1) is 0 Å². The van der Waals surface area contributed by atoms with Crippen LogP contribution in [-0.4, -0.2) is 22.5 Å². The SMILES string of the molecule is CC(NC1CCCSC1)c1nccs1. The number of hydrogen-bond donors (Lipinski definition) is 1. The highest BCUT2D eigenvalue weighted by molar-refractivity contribution is 7.99. The van der Waals surface area contributed by atoms with Gasteiger partial charge in [0.15, 0.2) is 0 Å². The lowest BCUT2D eigenvalue weighted by molar-refractivity contribution is 0.451. The van der Waals surface area contributed by atoms with Gasteiger partial charge in [-0.15, -0.1) is 11.3 Å². The normalized spacial score (nSPS) is 24.8. The molecule has 2 atom stereocenters. The Kier molecular flexibility index (Phi) is 3.84. The molecule has 1 aromatic rings. The van der Waals surface area contributed by atoms with Crippen LogP contribution in [0.1, 0.15) is 30.8 Å². The molecule has 0 amide bonds. The molecule has 1 saturated heterocycles. The lowest BCUT2D eigenvalue weighted by atomic mass is 10.1. The molecule has 1 fully saturated rings. The molecule has 2 rings (SSSR count). The first-order valence-electron chi connectivity index (χ1n) is 5.09. The molecule has 4 heteroatoms. The van der Waals surface area contributed by atoms with E-state index in [2.05, 4.69) is 29.0 Å². The Bertz CT molecular complexity index is 255. The lowest BCUT2D eigenvalue weighted by Crippen LogP contribution is -2.35. The van der Waals surface area contributed by atoms with Crippen LogP contribution in [0.3, 0.4) is 0 Å². The fourth-order valence-corrected chi connectivity index (χ4v) is 3.49. The van der Waals surface area contributed by atoms with Crippen LogP contribution < -0.4 is 5.32 Å². The van der Waals surface area contributed by atoms with Crippen molar-refractivity contribution in [1.29, 1.82) is 0 Å². The fourth-order valence-electron chi connectivity index (χ4n) is 1.75. The second kappa shape index (κ2) is 5.14. The molecule has 1 N–H and O–H groups in total. The van der Waals surface area contributed by atoms with Crippen LogP contribution in [0.25, 0.3) is 0 Å². The Balaban J connectivity index is 1.84. The van der Waals surface area contributed by atoms with Gasteiger partial charge in [-0.05, 0) is 25.5 Å². The third kappa shape index (κ3) is 2.72. The van der Waals surface area contributed by atoms with Crippen molar-refractivity contribution < 1.29 is 0 Å². The Labute approximate surface area is 93.5 Å².